The van der Waals surface area contributed by atoms with Crippen LogP contribution in [0.15, 0.2) is 47.3 Å². The van der Waals surface area contributed by atoms with Gasteiger partial charge in [-0.25, -0.2) is 9.49 Å². The number of fused-ring (bicyclic) bond motifs is 1. The number of nitrogens with zero attached hydrogens (tertiary/aromatic N) is 2. The van der Waals surface area contributed by atoms with Crippen LogP contribution in [0, 0.1) is 5.82 Å². The van der Waals surface area contributed by atoms with Crippen molar-refractivity contribution in [3.63, 3.8) is 0 Å². The van der Waals surface area contributed by atoms with Gasteiger partial charge >= 0.3 is 0 Å². The number of H-pyrrole nitrogens is 1. The molecule has 1 amide bonds. The molecule has 0 radical (unpaired) electrons. The molecule has 2 heterocycles. The summed E-state index contributed by atoms with van der Waals surface area (Å²) in [6.45, 7) is 4.27. The van der Waals surface area contributed by atoms with Gasteiger partial charge in [-0.05, 0) is 36.7 Å². The number of aromatic nitrogens is 2. The quantitative estimate of drug-likeness (QED) is 0.548. The van der Waals surface area contributed by atoms with Crippen molar-refractivity contribution in [2.45, 2.75) is 32.2 Å². The molecule has 1 aliphatic heterocycles. The molecule has 0 bridgehead atoms. The molecule has 8 heteroatoms. The molecule has 164 valence electrons. The predicted molar refractivity (Wildman–Crippen MR) is 121 cm³/mol. The molecule has 0 spiro atoms. The van der Waals surface area contributed by atoms with Crippen LogP contribution < -0.4 is 10.9 Å². The van der Waals surface area contributed by atoms with E-state index in [1.54, 1.807) is 29.2 Å². The fourth-order valence-electron chi connectivity index (χ4n) is 3.77. The van der Waals surface area contributed by atoms with Crippen molar-refractivity contribution in [2.75, 3.05) is 19.6 Å². The van der Waals surface area contributed by atoms with Gasteiger partial charge in [-0.2, -0.15) is 5.10 Å². The maximum atomic E-state index is 14.4. The van der Waals surface area contributed by atoms with Gasteiger partial charge in [0.2, 0.25) is 0 Å². The SMILES string of the molecule is CCCCNC1CN(C(=O)c2cc(Cc3n[nH]c(=O)c4ccccc34)ccc2F)C1.Cl. The maximum Gasteiger partial charge on any atom is 0.272 e. The van der Waals surface area contributed by atoms with Crippen LogP contribution in [0.2, 0.25) is 0 Å². The van der Waals surface area contributed by atoms with Crippen molar-refractivity contribution in [1.29, 1.82) is 0 Å². The highest BCUT2D eigenvalue weighted by atomic mass is 35.5. The second-order valence-corrected chi connectivity index (χ2v) is 7.75. The van der Waals surface area contributed by atoms with Crippen LogP contribution in [0.3, 0.4) is 0 Å². The molecule has 1 aromatic heterocycles. The number of halogens is 2. The third-order valence-electron chi connectivity index (χ3n) is 5.54. The van der Waals surface area contributed by atoms with Crippen molar-refractivity contribution in [1.82, 2.24) is 20.4 Å². The van der Waals surface area contributed by atoms with E-state index < -0.39 is 5.82 Å². The van der Waals surface area contributed by atoms with E-state index in [2.05, 4.69) is 22.4 Å². The first-order valence-corrected chi connectivity index (χ1v) is 10.3. The molecule has 0 unspecified atom stereocenters. The van der Waals surface area contributed by atoms with Crippen molar-refractivity contribution in [3.8, 4) is 0 Å². The van der Waals surface area contributed by atoms with E-state index in [-0.39, 0.29) is 35.5 Å². The highest BCUT2D eigenvalue weighted by Crippen LogP contribution is 2.21. The van der Waals surface area contributed by atoms with Gasteiger partial charge in [0, 0.05) is 30.9 Å². The van der Waals surface area contributed by atoms with Crippen LogP contribution in [0.5, 0.6) is 0 Å². The van der Waals surface area contributed by atoms with Gasteiger partial charge < -0.3 is 10.2 Å². The third kappa shape index (κ3) is 4.94. The molecule has 0 aliphatic carbocycles. The Kier molecular flexibility index (Phi) is 7.41. The smallest absolute Gasteiger partial charge is 0.272 e. The number of amides is 1. The van der Waals surface area contributed by atoms with E-state index in [9.17, 15) is 14.0 Å². The number of rotatable bonds is 7. The van der Waals surface area contributed by atoms with Crippen LogP contribution in [0.4, 0.5) is 4.39 Å². The van der Waals surface area contributed by atoms with E-state index in [1.807, 2.05) is 12.1 Å². The molecular weight excluding hydrogens is 419 g/mol. The Morgan fingerprint density at radius 2 is 1.97 bits per heavy atom. The third-order valence-corrected chi connectivity index (χ3v) is 5.54. The lowest BCUT2D eigenvalue weighted by atomic mass is 10.0. The number of unbranched alkanes of at least 4 members (excludes halogenated alkanes) is 1. The maximum absolute atomic E-state index is 14.4. The Bertz CT molecular complexity index is 1130. The Morgan fingerprint density at radius 3 is 2.71 bits per heavy atom. The van der Waals surface area contributed by atoms with Crippen LogP contribution in [-0.4, -0.2) is 46.7 Å². The number of carbonyl (C=O) groups is 1. The molecule has 1 aliphatic rings. The zero-order valence-electron chi connectivity index (χ0n) is 17.4. The van der Waals surface area contributed by atoms with Gasteiger partial charge in [-0.3, -0.25) is 9.59 Å². The van der Waals surface area contributed by atoms with E-state index in [0.717, 1.165) is 30.3 Å². The van der Waals surface area contributed by atoms with Crippen molar-refractivity contribution in [3.05, 3.63) is 75.5 Å². The predicted octanol–water partition coefficient (Wildman–Crippen LogP) is 3.29. The highest BCUT2D eigenvalue weighted by molar-refractivity contribution is 5.95. The largest absolute Gasteiger partial charge is 0.335 e. The zero-order chi connectivity index (χ0) is 21.1. The van der Waals surface area contributed by atoms with E-state index in [0.29, 0.717) is 30.6 Å². The number of likely N-dealkylation sites (tertiary alicyclic amines) is 1. The van der Waals surface area contributed by atoms with Crippen molar-refractivity contribution >= 4 is 29.1 Å². The van der Waals surface area contributed by atoms with E-state index >= 15 is 0 Å². The molecule has 31 heavy (non-hydrogen) atoms. The summed E-state index contributed by atoms with van der Waals surface area (Å²) in [4.78, 5) is 26.4. The lowest BCUT2D eigenvalue weighted by Gasteiger charge is -2.40. The molecule has 4 rings (SSSR count). The minimum absolute atomic E-state index is 0. The first-order valence-electron chi connectivity index (χ1n) is 10.3. The summed E-state index contributed by atoms with van der Waals surface area (Å²) in [5.74, 6) is -0.812. The topological polar surface area (TPSA) is 78.1 Å². The summed E-state index contributed by atoms with van der Waals surface area (Å²) in [6, 6.07) is 12.1. The second kappa shape index (κ2) is 10.0. The Hall–Kier alpha value is -2.77. The molecule has 0 atom stereocenters. The second-order valence-electron chi connectivity index (χ2n) is 7.75. The summed E-state index contributed by atoms with van der Waals surface area (Å²) in [6.07, 6.45) is 2.62. The average Bonchev–Trinajstić information content (AvgIpc) is 2.73. The van der Waals surface area contributed by atoms with Crippen molar-refractivity contribution < 1.29 is 9.18 Å². The molecular formula is C23H26ClFN4O2. The van der Waals surface area contributed by atoms with E-state index in [1.165, 1.54) is 6.07 Å². The molecule has 1 saturated heterocycles. The first kappa shape index (κ1) is 22.9. The van der Waals surface area contributed by atoms with Crippen LogP contribution in [0.25, 0.3) is 10.8 Å². The fourth-order valence-corrected chi connectivity index (χ4v) is 3.77. The van der Waals surface area contributed by atoms with Crippen molar-refractivity contribution in [2.24, 2.45) is 0 Å². The van der Waals surface area contributed by atoms with Gasteiger partial charge in [0.1, 0.15) is 5.82 Å². The van der Waals surface area contributed by atoms with Crippen LogP contribution in [0.1, 0.15) is 41.4 Å². The van der Waals surface area contributed by atoms with Crippen LogP contribution in [-0.2, 0) is 6.42 Å². The molecule has 1 fully saturated rings. The Morgan fingerprint density at radius 1 is 1.23 bits per heavy atom. The fraction of sp³-hybridized carbons (Fsp3) is 0.348. The molecule has 6 nitrogen and oxygen atoms in total. The van der Waals surface area contributed by atoms with Crippen LogP contribution >= 0.6 is 12.4 Å². The average molecular weight is 445 g/mol. The number of aromatic amines is 1. The van der Waals surface area contributed by atoms with Gasteiger partial charge in [-0.1, -0.05) is 37.6 Å². The lowest BCUT2D eigenvalue weighted by Crippen LogP contribution is -2.60. The first-order chi connectivity index (χ1) is 14.6. The normalized spacial score (nSPS) is 13.7. The molecule has 2 aromatic carbocycles. The number of carbonyl (C=O) groups excluding carboxylic acids is 1. The number of hydrogen-bond donors (Lipinski definition) is 2. The minimum Gasteiger partial charge on any atom is -0.335 e. The summed E-state index contributed by atoms with van der Waals surface area (Å²) in [5.41, 5.74) is 1.28. The monoisotopic (exact) mass is 444 g/mol. The number of nitrogens with one attached hydrogen (secondary N) is 2. The Balaban J connectivity index is 0.00000272. The Labute approximate surface area is 186 Å². The van der Waals surface area contributed by atoms with Gasteiger partial charge in [0.15, 0.2) is 0 Å². The molecule has 0 saturated carbocycles. The summed E-state index contributed by atoms with van der Waals surface area (Å²) >= 11 is 0. The number of benzene rings is 2. The highest BCUT2D eigenvalue weighted by Gasteiger charge is 2.32. The standard InChI is InChI=1S/C23H25FN4O2.ClH/c1-2-3-10-25-16-13-28(14-16)23(30)19-11-15(8-9-20(19)24)12-21-17-6-4-5-7-18(17)22(29)27-26-21;/h4-9,11,16,25H,2-3,10,12-14H2,1H3,(H,27,29);1H. The number of hydrogen-bond acceptors (Lipinski definition) is 4. The van der Waals surface area contributed by atoms with Gasteiger partial charge in [0.05, 0.1) is 16.6 Å². The summed E-state index contributed by atoms with van der Waals surface area (Å²) in [5, 5.41) is 11.4. The van der Waals surface area contributed by atoms with E-state index in [4.69, 9.17) is 0 Å². The lowest BCUT2D eigenvalue weighted by molar-refractivity contribution is 0.0563. The summed E-state index contributed by atoms with van der Waals surface area (Å²) in [7, 11) is 0. The molecule has 2 N–H and O–H groups in total. The van der Waals surface area contributed by atoms with Gasteiger partial charge in [0.25, 0.3) is 11.5 Å². The van der Waals surface area contributed by atoms with Gasteiger partial charge in [-0.15, -0.1) is 12.4 Å². The molecule has 3 aromatic rings. The summed E-state index contributed by atoms with van der Waals surface area (Å²) < 4.78 is 14.4. The zero-order valence-corrected chi connectivity index (χ0v) is 18.2. The minimum atomic E-state index is -0.523.